The molecular formula is C25H11N9Na+. The van der Waals surface area contributed by atoms with E-state index in [0.717, 1.165) is 6.20 Å². The molecule has 0 unspecified atom stereocenters. The number of pyridine rings is 4. The zero-order valence-electron chi connectivity index (χ0n) is 18.4. The maximum atomic E-state index is 9.29. The summed E-state index contributed by atoms with van der Waals surface area (Å²) in [6.45, 7) is 0. The van der Waals surface area contributed by atoms with Gasteiger partial charge in [0.15, 0.2) is 11.4 Å². The SMILES string of the molecule is N#Cc1cnc(C#N)c(C#N)c1-c1ccnc(C#N)c1C#N.[Na+].c1cc(-c2ccncc2)ccn1. The smallest absolute Gasteiger partial charge is 0.265 e. The van der Waals surface area contributed by atoms with E-state index in [-0.39, 0.29) is 68.8 Å². The Morgan fingerprint density at radius 1 is 0.543 bits per heavy atom. The predicted octanol–water partition coefficient (Wildman–Crippen LogP) is 0.650. The molecule has 4 rings (SSSR count). The van der Waals surface area contributed by atoms with Gasteiger partial charge in [-0.1, -0.05) is 0 Å². The summed E-state index contributed by atoms with van der Waals surface area (Å²) in [7, 11) is 0. The summed E-state index contributed by atoms with van der Waals surface area (Å²) in [5.41, 5.74) is 2.22. The third-order valence-corrected chi connectivity index (χ3v) is 4.55. The first-order chi connectivity index (χ1) is 16.7. The van der Waals surface area contributed by atoms with Crippen LogP contribution in [0.4, 0.5) is 0 Å². The number of hydrogen-bond acceptors (Lipinski definition) is 9. The van der Waals surface area contributed by atoms with Crippen LogP contribution in [0.5, 0.6) is 0 Å². The Kier molecular flexibility index (Phi) is 9.71. The Hall–Kier alpha value is -4.95. The van der Waals surface area contributed by atoms with Crippen LogP contribution in [0.1, 0.15) is 28.1 Å². The molecule has 4 heterocycles. The van der Waals surface area contributed by atoms with E-state index in [1.54, 1.807) is 36.9 Å². The van der Waals surface area contributed by atoms with Crippen LogP contribution in [0.3, 0.4) is 0 Å². The molecule has 10 heteroatoms. The van der Waals surface area contributed by atoms with Gasteiger partial charge in [-0.3, -0.25) is 9.97 Å². The largest absolute Gasteiger partial charge is 1.00 e. The molecule has 9 nitrogen and oxygen atoms in total. The molecule has 0 fully saturated rings. The molecule has 0 aliphatic carbocycles. The van der Waals surface area contributed by atoms with Gasteiger partial charge >= 0.3 is 29.6 Å². The quantitative estimate of drug-likeness (QED) is 0.389. The van der Waals surface area contributed by atoms with E-state index in [0.29, 0.717) is 0 Å². The van der Waals surface area contributed by atoms with Gasteiger partial charge in [-0.05, 0) is 41.5 Å². The van der Waals surface area contributed by atoms with Crippen molar-refractivity contribution in [1.29, 1.82) is 26.3 Å². The van der Waals surface area contributed by atoms with Gasteiger partial charge in [0, 0.05) is 48.3 Å². The topological polar surface area (TPSA) is 171 Å². The summed E-state index contributed by atoms with van der Waals surface area (Å²) in [6.07, 6.45) is 9.60. The summed E-state index contributed by atoms with van der Waals surface area (Å²) in [4.78, 5) is 15.4. The van der Waals surface area contributed by atoms with Crippen molar-refractivity contribution in [2.45, 2.75) is 0 Å². The van der Waals surface area contributed by atoms with Crippen molar-refractivity contribution in [1.82, 2.24) is 19.9 Å². The van der Waals surface area contributed by atoms with Gasteiger partial charge in [0.25, 0.3) is 0 Å². The second-order valence-electron chi connectivity index (χ2n) is 6.38. The van der Waals surface area contributed by atoms with Gasteiger partial charge in [0.2, 0.25) is 0 Å². The van der Waals surface area contributed by atoms with Crippen LogP contribution >= 0.6 is 0 Å². The molecule has 0 amide bonds. The Balaban J connectivity index is 0.000000280. The molecule has 4 aromatic heterocycles. The van der Waals surface area contributed by atoms with Crippen molar-refractivity contribution >= 4 is 0 Å². The molecule has 0 saturated heterocycles. The molecular weight excluding hydrogens is 449 g/mol. The third-order valence-electron chi connectivity index (χ3n) is 4.55. The standard InChI is InChI=1S/C15H3N7.C10H8N2.Na/c16-3-9-8-22-14(7-20)12(5-18)15(9)10-1-2-21-13(6-19)11(10)4-17;1-5-11-6-2-9(1)10-3-7-12-8-4-10;/h1-2,8H;1-8H;/q;;+1. The van der Waals surface area contributed by atoms with Crippen LogP contribution in [0, 0.1) is 56.7 Å². The minimum Gasteiger partial charge on any atom is -0.265 e. The normalized spacial score (nSPS) is 8.77. The minimum atomic E-state index is -0.157. The van der Waals surface area contributed by atoms with Gasteiger partial charge in [-0.25, -0.2) is 9.97 Å². The Labute approximate surface area is 223 Å². The first kappa shape index (κ1) is 26.3. The second kappa shape index (κ2) is 12.9. The van der Waals surface area contributed by atoms with Crippen molar-refractivity contribution < 1.29 is 29.6 Å². The predicted molar refractivity (Wildman–Crippen MR) is 119 cm³/mol. The molecule has 0 atom stereocenters. The first-order valence-corrected chi connectivity index (χ1v) is 9.51. The fraction of sp³-hybridized carbons (Fsp3) is 0. The number of rotatable bonds is 2. The minimum absolute atomic E-state index is 0. The molecule has 0 radical (unpaired) electrons. The van der Waals surface area contributed by atoms with E-state index in [1.807, 2.05) is 42.5 Å². The van der Waals surface area contributed by atoms with Gasteiger partial charge < -0.3 is 0 Å². The molecule has 35 heavy (non-hydrogen) atoms. The molecule has 0 bridgehead atoms. The zero-order valence-corrected chi connectivity index (χ0v) is 20.4. The molecule has 0 aliphatic heterocycles. The molecule has 4 aromatic rings. The van der Waals surface area contributed by atoms with E-state index in [4.69, 9.17) is 10.5 Å². The maximum Gasteiger partial charge on any atom is 1.00 e. The van der Waals surface area contributed by atoms with Crippen molar-refractivity contribution in [2.24, 2.45) is 0 Å². The van der Waals surface area contributed by atoms with Crippen LogP contribution in [-0.4, -0.2) is 19.9 Å². The van der Waals surface area contributed by atoms with Crippen LogP contribution < -0.4 is 29.6 Å². The van der Waals surface area contributed by atoms with Crippen LogP contribution in [-0.2, 0) is 0 Å². The van der Waals surface area contributed by atoms with E-state index >= 15 is 0 Å². The van der Waals surface area contributed by atoms with Gasteiger partial charge in [-0.2, -0.15) is 26.3 Å². The maximum absolute atomic E-state index is 9.29. The number of hydrogen-bond donors (Lipinski definition) is 0. The molecule has 0 N–H and O–H groups in total. The molecule has 156 valence electrons. The fourth-order valence-electron chi connectivity index (χ4n) is 3.03. The average molecular weight is 460 g/mol. The summed E-state index contributed by atoms with van der Waals surface area (Å²) in [6, 6.07) is 18.4. The van der Waals surface area contributed by atoms with Gasteiger partial charge in [0.05, 0.1) is 16.7 Å². The summed E-state index contributed by atoms with van der Waals surface area (Å²) in [5.74, 6) is 0. The summed E-state index contributed by atoms with van der Waals surface area (Å²) >= 11 is 0. The zero-order chi connectivity index (χ0) is 24.3. The summed E-state index contributed by atoms with van der Waals surface area (Å²) < 4.78 is 0. The second-order valence-corrected chi connectivity index (χ2v) is 6.38. The fourth-order valence-corrected chi connectivity index (χ4v) is 3.03. The monoisotopic (exact) mass is 460 g/mol. The number of aromatic nitrogens is 4. The number of nitriles is 5. The molecule has 0 spiro atoms. The van der Waals surface area contributed by atoms with E-state index in [1.165, 1.54) is 23.4 Å². The molecule has 0 saturated carbocycles. The van der Waals surface area contributed by atoms with Crippen LogP contribution in [0.2, 0.25) is 0 Å². The number of nitrogens with zero attached hydrogens (tertiary/aromatic N) is 9. The van der Waals surface area contributed by atoms with E-state index in [2.05, 4.69) is 19.9 Å². The van der Waals surface area contributed by atoms with E-state index < -0.39 is 0 Å². The molecule has 0 aliphatic rings. The average Bonchev–Trinajstić information content (AvgIpc) is 2.92. The van der Waals surface area contributed by atoms with E-state index in [9.17, 15) is 15.8 Å². The Morgan fingerprint density at radius 2 is 1.06 bits per heavy atom. The van der Waals surface area contributed by atoms with Gasteiger partial charge in [0.1, 0.15) is 30.3 Å². The summed E-state index contributed by atoms with van der Waals surface area (Å²) in [5, 5.41) is 45.8. The molecule has 0 aromatic carbocycles. The van der Waals surface area contributed by atoms with Crippen molar-refractivity contribution in [3.8, 4) is 52.6 Å². The Morgan fingerprint density at radius 3 is 1.51 bits per heavy atom. The van der Waals surface area contributed by atoms with Crippen molar-refractivity contribution in [2.75, 3.05) is 0 Å². The first-order valence-electron chi connectivity index (χ1n) is 9.51. The van der Waals surface area contributed by atoms with Crippen molar-refractivity contribution in [3.05, 3.63) is 95.6 Å². The van der Waals surface area contributed by atoms with Crippen molar-refractivity contribution in [3.63, 3.8) is 0 Å². The Bertz CT molecular complexity index is 1510. The third kappa shape index (κ3) is 5.89. The van der Waals surface area contributed by atoms with Gasteiger partial charge in [-0.15, -0.1) is 0 Å². The van der Waals surface area contributed by atoms with Crippen LogP contribution in [0.25, 0.3) is 22.3 Å². The van der Waals surface area contributed by atoms with Crippen LogP contribution in [0.15, 0.2) is 67.5 Å².